The minimum absolute atomic E-state index is 0.164. The molecular weight excluding hydrogens is 274 g/mol. The van der Waals surface area contributed by atoms with Crippen LogP contribution in [0.5, 0.6) is 0 Å². The quantitative estimate of drug-likeness (QED) is 0.942. The molecule has 0 atom stereocenters. The molecule has 1 heterocycles. The Morgan fingerprint density at radius 2 is 2.11 bits per heavy atom. The van der Waals surface area contributed by atoms with Gasteiger partial charge >= 0.3 is 0 Å². The highest BCUT2D eigenvalue weighted by atomic mass is 32.2. The molecule has 0 saturated heterocycles. The van der Waals surface area contributed by atoms with Gasteiger partial charge in [-0.1, -0.05) is 0 Å². The second kappa shape index (κ2) is 4.00. The van der Waals surface area contributed by atoms with Crippen molar-refractivity contribution < 1.29 is 17.2 Å². The number of nitrogens with zero attached hydrogens (tertiary/aromatic N) is 1. The Morgan fingerprint density at radius 3 is 2.79 bits per heavy atom. The number of nitrogens with one attached hydrogen (secondary N) is 1. The molecule has 1 N–H and O–H groups in total. The summed E-state index contributed by atoms with van der Waals surface area (Å²) < 4.78 is 49.7. The van der Waals surface area contributed by atoms with Gasteiger partial charge in [0.05, 0.1) is 22.4 Å². The molecule has 0 spiro atoms. The van der Waals surface area contributed by atoms with Crippen molar-refractivity contribution in [2.24, 2.45) is 5.92 Å². The number of halogens is 2. The molecule has 1 saturated carbocycles. The van der Waals surface area contributed by atoms with E-state index < -0.39 is 21.7 Å². The summed E-state index contributed by atoms with van der Waals surface area (Å²) >= 11 is 0. The van der Waals surface area contributed by atoms with E-state index in [-0.39, 0.29) is 23.5 Å². The zero-order valence-corrected chi connectivity index (χ0v) is 10.8. The van der Waals surface area contributed by atoms with Crippen LogP contribution < -0.4 is 0 Å². The Balaban J connectivity index is 1.83. The normalized spacial score (nSPS) is 19.5. The topological polar surface area (TPSA) is 62.8 Å². The molecule has 0 unspecified atom stereocenters. The van der Waals surface area contributed by atoms with Gasteiger partial charge in [-0.2, -0.15) is 5.10 Å². The van der Waals surface area contributed by atoms with E-state index in [0.29, 0.717) is 5.39 Å². The van der Waals surface area contributed by atoms with Crippen molar-refractivity contribution in [3.63, 3.8) is 0 Å². The molecule has 7 heteroatoms. The van der Waals surface area contributed by atoms with Gasteiger partial charge in [-0.25, -0.2) is 17.2 Å². The number of rotatable bonds is 3. The molecule has 1 aromatic carbocycles. The van der Waals surface area contributed by atoms with Gasteiger partial charge in [-0.15, -0.1) is 0 Å². The molecule has 0 aliphatic heterocycles. The predicted octanol–water partition coefficient (Wildman–Crippen LogP) is 2.38. The smallest absolute Gasteiger partial charge is 0.248 e. The van der Waals surface area contributed by atoms with Crippen LogP contribution in [0.2, 0.25) is 0 Å². The lowest BCUT2D eigenvalue weighted by Crippen LogP contribution is -2.39. The first-order valence-electron chi connectivity index (χ1n) is 5.89. The number of aromatic nitrogens is 2. The third kappa shape index (κ3) is 2.34. The minimum atomic E-state index is -3.51. The zero-order valence-electron chi connectivity index (χ0n) is 9.94. The van der Waals surface area contributed by atoms with Crippen LogP contribution in [0.4, 0.5) is 8.78 Å². The maximum absolute atomic E-state index is 12.7. The average molecular weight is 286 g/mol. The van der Waals surface area contributed by atoms with Gasteiger partial charge in [-0.05, 0) is 24.1 Å². The van der Waals surface area contributed by atoms with E-state index in [4.69, 9.17) is 0 Å². The summed E-state index contributed by atoms with van der Waals surface area (Å²) in [5.41, 5.74) is 0.745. The third-order valence-electron chi connectivity index (χ3n) is 3.40. The Kier molecular flexibility index (Phi) is 2.63. The maximum Gasteiger partial charge on any atom is 0.248 e. The minimum Gasteiger partial charge on any atom is -0.278 e. The lowest BCUT2D eigenvalue weighted by Gasteiger charge is -2.34. The standard InChI is InChI=1S/C12H12F2N2O2S/c13-12(14)4-8(5-12)7-19(17,18)10-1-2-11-9(3-10)6-15-16-11/h1-3,6,8H,4-5,7H2,(H,15,16). The van der Waals surface area contributed by atoms with Crippen LogP contribution in [-0.4, -0.2) is 30.3 Å². The Bertz CT molecular complexity index is 716. The molecular formula is C12H12F2N2O2S. The van der Waals surface area contributed by atoms with Crippen LogP contribution in [0.3, 0.4) is 0 Å². The molecule has 102 valence electrons. The van der Waals surface area contributed by atoms with Gasteiger partial charge in [0.2, 0.25) is 5.92 Å². The van der Waals surface area contributed by atoms with Crippen molar-refractivity contribution in [3.8, 4) is 0 Å². The zero-order chi connectivity index (χ0) is 13.7. The van der Waals surface area contributed by atoms with Gasteiger partial charge < -0.3 is 0 Å². The monoisotopic (exact) mass is 286 g/mol. The van der Waals surface area contributed by atoms with E-state index in [1.807, 2.05) is 0 Å². The highest BCUT2D eigenvalue weighted by Gasteiger charge is 2.46. The van der Waals surface area contributed by atoms with Crippen molar-refractivity contribution >= 4 is 20.7 Å². The van der Waals surface area contributed by atoms with Crippen molar-refractivity contribution in [1.82, 2.24) is 10.2 Å². The van der Waals surface area contributed by atoms with Gasteiger partial charge in [0.1, 0.15) is 0 Å². The van der Waals surface area contributed by atoms with Crippen molar-refractivity contribution in [2.75, 3.05) is 5.75 Å². The summed E-state index contributed by atoms with van der Waals surface area (Å²) in [4.78, 5) is 0.164. The van der Waals surface area contributed by atoms with Gasteiger partial charge in [0.25, 0.3) is 0 Å². The molecule has 1 aliphatic rings. The number of hydrogen-bond acceptors (Lipinski definition) is 3. The summed E-state index contributed by atoms with van der Waals surface area (Å²) in [5, 5.41) is 7.24. The first-order chi connectivity index (χ1) is 8.86. The van der Waals surface area contributed by atoms with Gasteiger partial charge in [0, 0.05) is 18.2 Å². The Morgan fingerprint density at radius 1 is 1.37 bits per heavy atom. The molecule has 1 aromatic heterocycles. The highest BCUT2D eigenvalue weighted by Crippen LogP contribution is 2.43. The second-order valence-electron chi connectivity index (χ2n) is 5.03. The van der Waals surface area contributed by atoms with E-state index in [1.165, 1.54) is 18.3 Å². The van der Waals surface area contributed by atoms with Gasteiger partial charge in [-0.3, -0.25) is 5.10 Å². The lowest BCUT2D eigenvalue weighted by molar-refractivity contribution is -0.103. The SMILES string of the molecule is O=S(=O)(CC1CC(F)(F)C1)c1ccc2[nH]ncc2c1. The number of fused-ring (bicyclic) bond motifs is 1. The second-order valence-corrected chi connectivity index (χ2v) is 7.06. The first-order valence-corrected chi connectivity index (χ1v) is 7.55. The molecule has 0 radical (unpaired) electrons. The lowest BCUT2D eigenvalue weighted by atomic mass is 9.83. The fraction of sp³-hybridized carbons (Fsp3) is 0.417. The molecule has 0 bridgehead atoms. The van der Waals surface area contributed by atoms with E-state index >= 15 is 0 Å². The number of alkyl halides is 2. The van der Waals surface area contributed by atoms with Crippen molar-refractivity contribution in [2.45, 2.75) is 23.7 Å². The highest BCUT2D eigenvalue weighted by molar-refractivity contribution is 7.91. The number of hydrogen-bond donors (Lipinski definition) is 1. The van der Waals surface area contributed by atoms with Crippen LogP contribution in [0.15, 0.2) is 29.3 Å². The summed E-state index contributed by atoms with van der Waals surface area (Å²) in [6.45, 7) is 0. The van der Waals surface area contributed by atoms with Crippen molar-refractivity contribution in [3.05, 3.63) is 24.4 Å². The molecule has 19 heavy (non-hydrogen) atoms. The Hall–Kier alpha value is -1.50. The summed E-state index contributed by atoms with van der Waals surface area (Å²) in [6.07, 6.45) is 0.867. The maximum atomic E-state index is 12.7. The fourth-order valence-corrected chi connectivity index (χ4v) is 4.05. The largest absolute Gasteiger partial charge is 0.278 e. The van der Waals surface area contributed by atoms with Crippen LogP contribution >= 0.6 is 0 Å². The predicted molar refractivity (Wildman–Crippen MR) is 65.8 cm³/mol. The first kappa shape index (κ1) is 12.5. The number of H-pyrrole nitrogens is 1. The van der Waals surface area contributed by atoms with Gasteiger partial charge in [0.15, 0.2) is 9.84 Å². The number of aromatic amines is 1. The van der Waals surface area contributed by atoms with E-state index in [2.05, 4.69) is 10.2 Å². The van der Waals surface area contributed by atoms with Crippen LogP contribution in [0.1, 0.15) is 12.8 Å². The molecule has 1 fully saturated rings. The van der Waals surface area contributed by atoms with Crippen molar-refractivity contribution in [1.29, 1.82) is 0 Å². The summed E-state index contributed by atoms with van der Waals surface area (Å²) in [5.74, 6) is -3.35. The third-order valence-corrected chi connectivity index (χ3v) is 5.28. The van der Waals surface area contributed by atoms with Crippen LogP contribution in [-0.2, 0) is 9.84 Å². The number of sulfone groups is 1. The summed E-state index contributed by atoms with van der Waals surface area (Å²) in [7, 11) is -3.51. The molecule has 4 nitrogen and oxygen atoms in total. The molecule has 3 rings (SSSR count). The molecule has 2 aromatic rings. The van der Waals surface area contributed by atoms with Crippen LogP contribution in [0, 0.1) is 5.92 Å². The van der Waals surface area contributed by atoms with E-state index in [9.17, 15) is 17.2 Å². The van der Waals surface area contributed by atoms with E-state index in [1.54, 1.807) is 6.07 Å². The molecule has 0 amide bonds. The van der Waals surface area contributed by atoms with Crippen LogP contribution in [0.25, 0.3) is 10.9 Å². The summed E-state index contributed by atoms with van der Waals surface area (Å²) in [6, 6.07) is 4.63. The van der Waals surface area contributed by atoms with E-state index in [0.717, 1.165) is 5.52 Å². The fourth-order valence-electron chi connectivity index (χ4n) is 2.42. The number of benzene rings is 1. The average Bonchev–Trinajstić information content (AvgIpc) is 2.72. The molecule has 1 aliphatic carbocycles. The Labute approximate surface area is 108 Å².